The summed E-state index contributed by atoms with van der Waals surface area (Å²) in [7, 11) is -3.41. The summed E-state index contributed by atoms with van der Waals surface area (Å²) >= 11 is 0. The van der Waals surface area contributed by atoms with Gasteiger partial charge in [0.1, 0.15) is 4.90 Å². The van der Waals surface area contributed by atoms with E-state index in [9.17, 15) is 8.42 Å². The van der Waals surface area contributed by atoms with E-state index in [1.807, 2.05) is 0 Å². The summed E-state index contributed by atoms with van der Waals surface area (Å²) in [5, 5.41) is 0. The Bertz CT molecular complexity index is 426. The van der Waals surface area contributed by atoms with Crippen LogP contribution in [0.3, 0.4) is 0 Å². The summed E-state index contributed by atoms with van der Waals surface area (Å²) in [6, 6.07) is 3.23. The first-order chi connectivity index (χ1) is 7.08. The number of hydrogen-bond donors (Lipinski definition) is 2. The molecule has 1 fully saturated rings. The van der Waals surface area contributed by atoms with Crippen LogP contribution in [0.5, 0.6) is 0 Å². The van der Waals surface area contributed by atoms with Gasteiger partial charge in [0.2, 0.25) is 10.0 Å². The maximum absolute atomic E-state index is 11.8. The number of rotatable bonds is 3. The fraction of sp³-hybridized carbons (Fsp3) is 0.444. The fourth-order valence-corrected chi connectivity index (χ4v) is 2.78. The molecule has 5 nitrogen and oxygen atoms in total. The highest BCUT2D eigenvalue weighted by Gasteiger charge is 2.30. The van der Waals surface area contributed by atoms with Crippen molar-refractivity contribution in [2.45, 2.75) is 29.8 Å². The minimum Gasteiger partial charge on any atom is -0.328 e. The minimum absolute atomic E-state index is 0.0230. The molecule has 0 unspecified atom stereocenters. The van der Waals surface area contributed by atoms with Crippen LogP contribution in [0.15, 0.2) is 29.4 Å². The van der Waals surface area contributed by atoms with Crippen LogP contribution < -0.4 is 10.5 Å². The van der Waals surface area contributed by atoms with Gasteiger partial charge in [0, 0.05) is 24.5 Å². The van der Waals surface area contributed by atoms with E-state index in [1.165, 1.54) is 18.5 Å². The number of pyridine rings is 1. The van der Waals surface area contributed by atoms with Crippen LogP contribution in [0, 0.1) is 0 Å². The van der Waals surface area contributed by atoms with E-state index in [0.29, 0.717) is 12.8 Å². The van der Waals surface area contributed by atoms with Crippen molar-refractivity contribution >= 4 is 10.0 Å². The number of nitrogens with two attached hydrogens (primary N) is 1. The molecule has 3 N–H and O–H groups in total. The molecule has 1 heterocycles. The molecule has 1 aromatic heterocycles. The monoisotopic (exact) mass is 227 g/mol. The van der Waals surface area contributed by atoms with Gasteiger partial charge in [-0.25, -0.2) is 13.1 Å². The summed E-state index contributed by atoms with van der Waals surface area (Å²) in [5.41, 5.74) is 5.58. The molecule has 0 bridgehead atoms. The lowest BCUT2D eigenvalue weighted by Gasteiger charge is -2.32. The first kappa shape index (κ1) is 10.5. The van der Waals surface area contributed by atoms with Crippen LogP contribution in [0.25, 0.3) is 0 Å². The highest BCUT2D eigenvalue weighted by molar-refractivity contribution is 7.89. The normalized spacial score (nSPS) is 25.9. The van der Waals surface area contributed by atoms with Crippen molar-refractivity contribution in [3.05, 3.63) is 24.5 Å². The molecule has 1 saturated carbocycles. The van der Waals surface area contributed by atoms with E-state index in [-0.39, 0.29) is 17.0 Å². The highest BCUT2D eigenvalue weighted by Crippen LogP contribution is 2.19. The average molecular weight is 227 g/mol. The Labute approximate surface area is 88.8 Å². The number of nitrogens with zero attached hydrogens (tertiary/aromatic N) is 1. The predicted molar refractivity (Wildman–Crippen MR) is 55.6 cm³/mol. The minimum atomic E-state index is -3.41. The molecule has 1 aromatic rings. The van der Waals surface area contributed by atoms with Gasteiger partial charge in [-0.3, -0.25) is 4.98 Å². The summed E-state index contributed by atoms with van der Waals surface area (Å²) in [6.07, 6.45) is 4.29. The maximum atomic E-state index is 11.8. The molecule has 0 aliphatic heterocycles. The van der Waals surface area contributed by atoms with Gasteiger partial charge in [0.15, 0.2) is 0 Å². The smallest absolute Gasteiger partial charge is 0.242 e. The second kappa shape index (κ2) is 3.88. The highest BCUT2D eigenvalue weighted by atomic mass is 32.2. The van der Waals surface area contributed by atoms with Crippen molar-refractivity contribution in [2.24, 2.45) is 5.73 Å². The van der Waals surface area contributed by atoms with E-state index in [1.54, 1.807) is 6.07 Å². The van der Waals surface area contributed by atoms with E-state index >= 15 is 0 Å². The third-order valence-corrected chi connectivity index (χ3v) is 3.95. The third kappa shape index (κ3) is 2.34. The van der Waals surface area contributed by atoms with Gasteiger partial charge in [-0.2, -0.15) is 0 Å². The largest absolute Gasteiger partial charge is 0.328 e. The second-order valence-electron chi connectivity index (χ2n) is 3.74. The van der Waals surface area contributed by atoms with Crippen LogP contribution in [0.1, 0.15) is 12.8 Å². The van der Waals surface area contributed by atoms with E-state index in [4.69, 9.17) is 5.73 Å². The van der Waals surface area contributed by atoms with Gasteiger partial charge in [-0.05, 0) is 25.0 Å². The van der Waals surface area contributed by atoms with Gasteiger partial charge in [0.25, 0.3) is 0 Å². The molecule has 15 heavy (non-hydrogen) atoms. The van der Waals surface area contributed by atoms with E-state index < -0.39 is 10.0 Å². The Morgan fingerprint density at radius 2 is 2.20 bits per heavy atom. The van der Waals surface area contributed by atoms with Crippen LogP contribution in [-0.2, 0) is 10.0 Å². The second-order valence-corrected chi connectivity index (χ2v) is 5.45. The number of nitrogens with one attached hydrogen (secondary N) is 1. The van der Waals surface area contributed by atoms with Gasteiger partial charge in [-0.15, -0.1) is 0 Å². The number of sulfonamides is 1. The maximum Gasteiger partial charge on any atom is 0.242 e. The summed E-state index contributed by atoms with van der Waals surface area (Å²) in [5.74, 6) is 0. The first-order valence-corrected chi connectivity index (χ1v) is 6.24. The SMILES string of the molecule is NC1CC(NS(=O)(=O)c2cccnc2)C1. The number of hydrogen-bond acceptors (Lipinski definition) is 4. The molecular weight excluding hydrogens is 214 g/mol. The first-order valence-electron chi connectivity index (χ1n) is 4.76. The Hall–Kier alpha value is -0.980. The van der Waals surface area contributed by atoms with Crippen molar-refractivity contribution in [1.29, 1.82) is 0 Å². The van der Waals surface area contributed by atoms with Crippen molar-refractivity contribution in [2.75, 3.05) is 0 Å². The Kier molecular flexibility index (Phi) is 2.72. The van der Waals surface area contributed by atoms with Crippen LogP contribution in [0.4, 0.5) is 0 Å². The zero-order valence-electron chi connectivity index (χ0n) is 8.13. The van der Waals surface area contributed by atoms with Crippen molar-refractivity contribution in [3.8, 4) is 0 Å². The topological polar surface area (TPSA) is 85.1 Å². The van der Waals surface area contributed by atoms with Gasteiger partial charge >= 0.3 is 0 Å². The van der Waals surface area contributed by atoms with Gasteiger partial charge in [0.05, 0.1) is 0 Å². The zero-order chi connectivity index (χ0) is 10.9. The Morgan fingerprint density at radius 1 is 1.47 bits per heavy atom. The van der Waals surface area contributed by atoms with E-state index in [2.05, 4.69) is 9.71 Å². The molecule has 0 saturated heterocycles. The Balaban J connectivity index is 2.08. The fourth-order valence-electron chi connectivity index (χ4n) is 1.55. The summed E-state index contributed by atoms with van der Waals surface area (Å²) in [6.45, 7) is 0. The average Bonchev–Trinajstić information content (AvgIpc) is 2.17. The standard InChI is InChI=1S/C9H13N3O2S/c10-7-4-8(5-7)12-15(13,14)9-2-1-3-11-6-9/h1-3,6-8,12H,4-5,10H2. The van der Waals surface area contributed by atoms with Crippen LogP contribution >= 0.6 is 0 Å². The lowest BCUT2D eigenvalue weighted by atomic mass is 9.89. The van der Waals surface area contributed by atoms with Crippen molar-refractivity contribution in [3.63, 3.8) is 0 Å². The lowest BCUT2D eigenvalue weighted by Crippen LogP contribution is -2.50. The Morgan fingerprint density at radius 3 is 2.73 bits per heavy atom. The van der Waals surface area contributed by atoms with Gasteiger partial charge in [-0.1, -0.05) is 0 Å². The van der Waals surface area contributed by atoms with Crippen LogP contribution in [0.2, 0.25) is 0 Å². The molecule has 1 aliphatic carbocycles. The third-order valence-electron chi connectivity index (χ3n) is 2.44. The van der Waals surface area contributed by atoms with Crippen molar-refractivity contribution in [1.82, 2.24) is 9.71 Å². The molecule has 6 heteroatoms. The molecule has 0 aromatic carbocycles. The summed E-state index contributed by atoms with van der Waals surface area (Å²) in [4.78, 5) is 3.97. The van der Waals surface area contributed by atoms with Crippen LogP contribution in [-0.4, -0.2) is 25.5 Å². The molecule has 0 spiro atoms. The van der Waals surface area contributed by atoms with Crippen molar-refractivity contribution < 1.29 is 8.42 Å². The summed E-state index contributed by atoms with van der Waals surface area (Å²) < 4.78 is 26.1. The molecule has 0 radical (unpaired) electrons. The zero-order valence-corrected chi connectivity index (χ0v) is 8.94. The molecule has 0 amide bonds. The molecule has 82 valence electrons. The molecule has 0 atom stereocenters. The quantitative estimate of drug-likeness (QED) is 0.752. The predicted octanol–water partition coefficient (Wildman–Crippen LogP) is -0.150. The van der Waals surface area contributed by atoms with Gasteiger partial charge < -0.3 is 5.73 Å². The molecular formula is C9H13N3O2S. The molecule has 1 aliphatic rings. The number of aromatic nitrogens is 1. The molecule has 2 rings (SSSR count). The lowest BCUT2D eigenvalue weighted by molar-refractivity contribution is 0.327. The van der Waals surface area contributed by atoms with E-state index in [0.717, 1.165) is 0 Å².